The molecule has 1 aromatic carbocycles. The summed E-state index contributed by atoms with van der Waals surface area (Å²) < 4.78 is 44.7. The number of fused-ring (bicyclic) bond motifs is 1. The van der Waals surface area contributed by atoms with Crippen LogP contribution in [0.2, 0.25) is 0 Å². The largest absolute Gasteiger partial charge is 0.417 e. The van der Waals surface area contributed by atoms with Crippen molar-refractivity contribution in [2.24, 2.45) is 7.05 Å². The van der Waals surface area contributed by atoms with Crippen molar-refractivity contribution >= 4 is 11.0 Å². The molecule has 8 heteroatoms. The molecule has 0 amide bonds. The lowest BCUT2D eigenvalue weighted by Crippen LogP contribution is -2.08. The number of alkyl halides is 3. The zero-order valence-electron chi connectivity index (χ0n) is 15.6. The van der Waals surface area contributed by atoms with Gasteiger partial charge in [-0.1, -0.05) is 30.3 Å². The third-order valence-corrected chi connectivity index (χ3v) is 4.87. The summed E-state index contributed by atoms with van der Waals surface area (Å²) in [5.41, 5.74) is 2.28. The first-order chi connectivity index (χ1) is 13.3. The summed E-state index contributed by atoms with van der Waals surface area (Å²) in [6.07, 6.45) is -2.98. The molecule has 4 aromatic rings. The van der Waals surface area contributed by atoms with Crippen molar-refractivity contribution in [1.82, 2.24) is 24.5 Å². The van der Waals surface area contributed by atoms with E-state index in [0.29, 0.717) is 17.8 Å². The van der Waals surface area contributed by atoms with Crippen LogP contribution in [-0.4, -0.2) is 24.5 Å². The van der Waals surface area contributed by atoms with Crippen LogP contribution in [0.1, 0.15) is 22.5 Å². The van der Waals surface area contributed by atoms with Gasteiger partial charge in [0, 0.05) is 18.3 Å². The molecule has 0 spiro atoms. The van der Waals surface area contributed by atoms with E-state index in [9.17, 15) is 13.2 Å². The normalized spacial score (nSPS) is 12.1. The smallest absolute Gasteiger partial charge is 0.272 e. The standard InChI is InChI=1S/C20H18F3N5/c1-12-18-16(20(21,22)23)9-17(15-10-24-27(3)13(15)2)25-19(18)28(26-12)11-14-7-5-4-6-8-14/h4-10H,11H2,1-3H3. The highest BCUT2D eigenvalue weighted by Gasteiger charge is 2.36. The molecule has 0 aliphatic carbocycles. The molecule has 0 bridgehead atoms. The number of aromatic nitrogens is 5. The van der Waals surface area contributed by atoms with Gasteiger partial charge >= 0.3 is 6.18 Å². The van der Waals surface area contributed by atoms with Crippen LogP contribution >= 0.6 is 0 Å². The number of benzene rings is 1. The maximum Gasteiger partial charge on any atom is 0.417 e. The minimum atomic E-state index is -4.52. The molecule has 3 aromatic heterocycles. The summed E-state index contributed by atoms with van der Waals surface area (Å²) in [5, 5.41) is 8.52. The van der Waals surface area contributed by atoms with Crippen LogP contribution in [0.4, 0.5) is 13.2 Å². The van der Waals surface area contributed by atoms with Crippen molar-refractivity contribution in [3.8, 4) is 11.3 Å². The number of pyridine rings is 1. The Hall–Kier alpha value is -3.16. The molecule has 0 fully saturated rings. The van der Waals surface area contributed by atoms with E-state index in [0.717, 1.165) is 17.3 Å². The van der Waals surface area contributed by atoms with E-state index in [2.05, 4.69) is 15.2 Å². The number of halogens is 3. The molecule has 0 aliphatic rings. The third kappa shape index (κ3) is 3.04. The lowest BCUT2D eigenvalue weighted by molar-refractivity contribution is -0.136. The zero-order chi connectivity index (χ0) is 20.1. The van der Waals surface area contributed by atoms with E-state index in [1.54, 1.807) is 25.6 Å². The van der Waals surface area contributed by atoms with Crippen LogP contribution in [-0.2, 0) is 19.8 Å². The summed E-state index contributed by atoms with van der Waals surface area (Å²) in [7, 11) is 1.74. The Labute approximate surface area is 159 Å². The molecule has 5 nitrogen and oxygen atoms in total. The van der Waals surface area contributed by atoms with E-state index >= 15 is 0 Å². The molecular formula is C20H18F3N5. The second-order valence-corrected chi connectivity index (χ2v) is 6.75. The van der Waals surface area contributed by atoms with Crippen LogP contribution in [0.3, 0.4) is 0 Å². The number of aryl methyl sites for hydroxylation is 2. The van der Waals surface area contributed by atoms with Gasteiger partial charge in [0.05, 0.1) is 35.1 Å². The van der Waals surface area contributed by atoms with Crippen LogP contribution in [0.25, 0.3) is 22.3 Å². The topological polar surface area (TPSA) is 48.5 Å². The van der Waals surface area contributed by atoms with Crippen molar-refractivity contribution < 1.29 is 13.2 Å². The second-order valence-electron chi connectivity index (χ2n) is 6.75. The summed E-state index contributed by atoms with van der Waals surface area (Å²) in [5.74, 6) is 0. The van der Waals surface area contributed by atoms with Crippen molar-refractivity contribution in [1.29, 1.82) is 0 Å². The Kier molecular flexibility index (Phi) is 4.21. The molecule has 0 saturated heterocycles. The Morgan fingerprint density at radius 2 is 1.79 bits per heavy atom. The van der Waals surface area contributed by atoms with E-state index in [-0.39, 0.29) is 16.7 Å². The van der Waals surface area contributed by atoms with Gasteiger partial charge in [-0.05, 0) is 25.5 Å². The minimum Gasteiger partial charge on any atom is -0.272 e. The molecule has 4 rings (SSSR count). The number of rotatable bonds is 3. The van der Waals surface area contributed by atoms with Gasteiger partial charge in [0.1, 0.15) is 0 Å². The molecule has 0 aliphatic heterocycles. The fourth-order valence-electron chi connectivity index (χ4n) is 3.33. The van der Waals surface area contributed by atoms with Crippen molar-refractivity contribution in [2.75, 3.05) is 0 Å². The van der Waals surface area contributed by atoms with Gasteiger partial charge in [-0.2, -0.15) is 23.4 Å². The van der Waals surface area contributed by atoms with Crippen molar-refractivity contribution in [3.63, 3.8) is 0 Å². The number of hydrogen-bond donors (Lipinski definition) is 0. The first kappa shape index (κ1) is 18.2. The number of hydrogen-bond acceptors (Lipinski definition) is 3. The molecule has 0 radical (unpaired) electrons. The quantitative estimate of drug-likeness (QED) is 0.521. The van der Waals surface area contributed by atoms with E-state index in [1.165, 1.54) is 10.9 Å². The zero-order valence-corrected chi connectivity index (χ0v) is 15.6. The molecule has 0 N–H and O–H groups in total. The van der Waals surface area contributed by atoms with E-state index in [4.69, 9.17) is 0 Å². The molecule has 3 heterocycles. The van der Waals surface area contributed by atoms with Gasteiger partial charge in [-0.15, -0.1) is 0 Å². The number of nitrogens with zero attached hydrogens (tertiary/aromatic N) is 5. The van der Waals surface area contributed by atoms with Crippen LogP contribution < -0.4 is 0 Å². The highest BCUT2D eigenvalue weighted by atomic mass is 19.4. The molecular weight excluding hydrogens is 367 g/mol. The van der Waals surface area contributed by atoms with Crippen LogP contribution in [0.5, 0.6) is 0 Å². The van der Waals surface area contributed by atoms with Gasteiger partial charge in [0.25, 0.3) is 0 Å². The fraction of sp³-hybridized carbons (Fsp3) is 0.250. The van der Waals surface area contributed by atoms with Crippen molar-refractivity contribution in [2.45, 2.75) is 26.6 Å². The Balaban J connectivity index is 1.98. The maximum absolute atomic E-state index is 13.8. The molecule has 0 atom stereocenters. The Morgan fingerprint density at radius 1 is 1.07 bits per heavy atom. The monoisotopic (exact) mass is 385 g/mol. The van der Waals surface area contributed by atoms with Gasteiger partial charge < -0.3 is 0 Å². The average molecular weight is 385 g/mol. The van der Waals surface area contributed by atoms with Crippen LogP contribution in [0.15, 0.2) is 42.6 Å². The molecule has 0 unspecified atom stereocenters. The summed E-state index contributed by atoms with van der Waals surface area (Å²) in [6, 6.07) is 10.6. The predicted molar refractivity (Wildman–Crippen MR) is 99.8 cm³/mol. The first-order valence-corrected chi connectivity index (χ1v) is 8.74. The Bertz CT molecular complexity index is 1160. The van der Waals surface area contributed by atoms with Crippen molar-refractivity contribution in [3.05, 3.63) is 65.1 Å². The van der Waals surface area contributed by atoms with Gasteiger partial charge in [-0.3, -0.25) is 4.68 Å². The Morgan fingerprint density at radius 3 is 2.39 bits per heavy atom. The average Bonchev–Trinajstić information content (AvgIpc) is 3.14. The highest BCUT2D eigenvalue weighted by Crippen LogP contribution is 2.38. The molecule has 144 valence electrons. The lowest BCUT2D eigenvalue weighted by Gasteiger charge is -2.11. The second kappa shape index (κ2) is 6.47. The summed E-state index contributed by atoms with van der Waals surface area (Å²) >= 11 is 0. The van der Waals surface area contributed by atoms with Crippen LogP contribution in [0, 0.1) is 13.8 Å². The first-order valence-electron chi connectivity index (χ1n) is 8.74. The highest BCUT2D eigenvalue weighted by molar-refractivity contribution is 5.86. The van der Waals surface area contributed by atoms with E-state index in [1.807, 2.05) is 30.3 Å². The summed E-state index contributed by atoms with van der Waals surface area (Å²) in [4.78, 5) is 4.56. The van der Waals surface area contributed by atoms with Gasteiger partial charge in [0.2, 0.25) is 0 Å². The van der Waals surface area contributed by atoms with Gasteiger partial charge in [-0.25, -0.2) is 9.67 Å². The minimum absolute atomic E-state index is 0.0359. The molecule has 0 saturated carbocycles. The third-order valence-electron chi connectivity index (χ3n) is 4.87. The van der Waals surface area contributed by atoms with E-state index < -0.39 is 11.7 Å². The summed E-state index contributed by atoms with van der Waals surface area (Å²) in [6.45, 7) is 3.72. The van der Waals surface area contributed by atoms with Gasteiger partial charge in [0.15, 0.2) is 5.65 Å². The fourth-order valence-corrected chi connectivity index (χ4v) is 3.33. The maximum atomic E-state index is 13.8. The predicted octanol–water partition coefficient (Wildman–Crippen LogP) is 4.52. The lowest BCUT2D eigenvalue weighted by atomic mass is 10.1. The SMILES string of the molecule is Cc1nn(Cc2ccccc2)c2nc(-c3cnn(C)c3C)cc(C(F)(F)F)c12. The molecule has 28 heavy (non-hydrogen) atoms.